The predicted molar refractivity (Wildman–Crippen MR) is 70.3 cm³/mol. The maximum absolute atomic E-state index is 11.5. The van der Waals surface area contributed by atoms with Gasteiger partial charge in [-0.2, -0.15) is 23.1 Å². The van der Waals surface area contributed by atoms with Crippen LogP contribution in [0.25, 0.3) is 0 Å². The molecule has 0 atom stereocenters. The van der Waals surface area contributed by atoms with Gasteiger partial charge in [-0.15, -0.1) is 0 Å². The normalized spacial score (nSPS) is 11.4. The molecule has 1 rings (SSSR count). The Balaban J connectivity index is 2.10. The van der Waals surface area contributed by atoms with Gasteiger partial charge in [-0.05, 0) is 25.3 Å². The number of rotatable bonds is 6. The average Bonchev–Trinajstić information content (AvgIpc) is 2.67. The molecule has 2 N–H and O–H groups in total. The smallest absolute Gasteiger partial charge is 0.252 e. The molecule has 5 heteroatoms. The zero-order chi connectivity index (χ0) is 12.0. The third-order valence-electron chi connectivity index (χ3n) is 1.77. The number of hydrogen-bond donors (Lipinski definition) is 2. The van der Waals surface area contributed by atoms with Crippen molar-refractivity contribution in [2.75, 3.05) is 18.1 Å². The molecule has 0 fully saturated rings. The van der Waals surface area contributed by atoms with Crippen molar-refractivity contribution in [1.29, 1.82) is 0 Å². The fraction of sp³-hybridized carbons (Fsp3) is 0.545. The highest BCUT2D eigenvalue weighted by Gasteiger charge is 2.11. The third-order valence-corrected chi connectivity index (χ3v) is 3.86. The van der Waals surface area contributed by atoms with E-state index in [1.165, 1.54) is 11.3 Å². The van der Waals surface area contributed by atoms with Crippen LogP contribution in [0.1, 0.15) is 24.2 Å². The minimum absolute atomic E-state index is 0.0230. The van der Waals surface area contributed by atoms with Crippen LogP contribution in [0.5, 0.6) is 0 Å². The van der Waals surface area contributed by atoms with Gasteiger partial charge in [0.1, 0.15) is 0 Å². The van der Waals surface area contributed by atoms with Crippen molar-refractivity contribution in [3.05, 3.63) is 22.4 Å². The zero-order valence-electron chi connectivity index (χ0n) is 9.53. The van der Waals surface area contributed by atoms with Crippen LogP contribution < -0.4 is 5.32 Å². The Kier molecular flexibility index (Phi) is 5.31. The van der Waals surface area contributed by atoms with E-state index in [9.17, 15) is 9.90 Å². The van der Waals surface area contributed by atoms with E-state index in [4.69, 9.17) is 0 Å². The van der Waals surface area contributed by atoms with Crippen LogP contribution in [0.4, 0.5) is 0 Å². The largest absolute Gasteiger partial charge is 0.390 e. The lowest BCUT2D eigenvalue weighted by atomic mass is 10.2. The van der Waals surface area contributed by atoms with Gasteiger partial charge in [0.15, 0.2) is 0 Å². The van der Waals surface area contributed by atoms with E-state index in [2.05, 4.69) is 5.32 Å². The van der Waals surface area contributed by atoms with Gasteiger partial charge in [-0.1, -0.05) is 0 Å². The van der Waals surface area contributed by atoms with Crippen LogP contribution in [-0.4, -0.2) is 34.7 Å². The summed E-state index contributed by atoms with van der Waals surface area (Å²) in [5, 5.41) is 16.0. The molecule has 0 radical (unpaired) electrons. The van der Waals surface area contributed by atoms with Crippen LogP contribution >= 0.6 is 23.1 Å². The second-order valence-corrected chi connectivity index (χ2v) is 6.02. The lowest BCUT2D eigenvalue weighted by Gasteiger charge is -2.15. The summed E-state index contributed by atoms with van der Waals surface area (Å²) in [5.41, 5.74) is 0.0830. The van der Waals surface area contributed by atoms with Crippen LogP contribution in [-0.2, 0) is 0 Å². The number of thioether (sulfide) groups is 1. The number of nitrogens with one attached hydrogen (secondary N) is 1. The lowest BCUT2D eigenvalue weighted by Crippen LogP contribution is -2.27. The minimum Gasteiger partial charge on any atom is -0.390 e. The van der Waals surface area contributed by atoms with Crippen LogP contribution in [0.2, 0.25) is 0 Å². The maximum atomic E-state index is 11.5. The summed E-state index contributed by atoms with van der Waals surface area (Å²) in [5.74, 6) is 1.48. The van der Waals surface area contributed by atoms with E-state index in [1.54, 1.807) is 25.6 Å². The summed E-state index contributed by atoms with van der Waals surface area (Å²) < 4.78 is 0. The molecule has 0 aliphatic rings. The molecule has 90 valence electrons. The Morgan fingerprint density at radius 2 is 2.38 bits per heavy atom. The summed E-state index contributed by atoms with van der Waals surface area (Å²) in [4.78, 5) is 11.5. The number of aliphatic hydroxyl groups is 1. The van der Waals surface area contributed by atoms with Gasteiger partial charge in [-0.3, -0.25) is 4.79 Å². The molecule has 0 saturated heterocycles. The maximum Gasteiger partial charge on any atom is 0.252 e. The average molecular weight is 259 g/mol. The molecule has 1 aromatic heterocycles. The molecule has 0 unspecified atom stereocenters. The topological polar surface area (TPSA) is 49.3 Å². The zero-order valence-corrected chi connectivity index (χ0v) is 11.2. The highest BCUT2D eigenvalue weighted by molar-refractivity contribution is 7.99. The Morgan fingerprint density at radius 3 is 2.94 bits per heavy atom. The molecule has 0 aliphatic carbocycles. The first-order valence-corrected chi connectivity index (χ1v) is 7.19. The lowest BCUT2D eigenvalue weighted by molar-refractivity contribution is 0.0956. The van der Waals surface area contributed by atoms with Crippen molar-refractivity contribution in [1.82, 2.24) is 5.32 Å². The second-order valence-electron chi connectivity index (χ2n) is 4.13. The Morgan fingerprint density at radius 1 is 1.62 bits per heavy atom. The molecule has 0 aromatic carbocycles. The quantitative estimate of drug-likeness (QED) is 0.768. The summed E-state index contributed by atoms with van der Waals surface area (Å²) in [6, 6.07) is 1.81. The highest BCUT2D eigenvalue weighted by Crippen LogP contribution is 2.11. The van der Waals surface area contributed by atoms with Crippen LogP contribution in [0, 0.1) is 0 Å². The molecule has 0 aliphatic heterocycles. The summed E-state index contributed by atoms with van der Waals surface area (Å²) in [6.07, 6.45) is 0. The molecule has 0 spiro atoms. The molecule has 1 amide bonds. The van der Waals surface area contributed by atoms with E-state index in [-0.39, 0.29) is 5.91 Å². The minimum atomic E-state index is -0.637. The molecule has 0 saturated carbocycles. The van der Waals surface area contributed by atoms with Crippen molar-refractivity contribution in [2.24, 2.45) is 0 Å². The van der Waals surface area contributed by atoms with Crippen molar-refractivity contribution >= 4 is 29.0 Å². The Bertz CT molecular complexity index is 317. The number of amides is 1. The fourth-order valence-electron chi connectivity index (χ4n) is 1.05. The fourth-order valence-corrected chi connectivity index (χ4v) is 2.58. The SMILES string of the molecule is CC(C)(O)CSCCNC(=O)c1ccsc1. The molecule has 1 aromatic rings. The van der Waals surface area contributed by atoms with E-state index in [0.717, 1.165) is 11.3 Å². The molecule has 1 heterocycles. The van der Waals surface area contributed by atoms with E-state index < -0.39 is 5.60 Å². The first kappa shape index (κ1) is 13.5. The van der Waals surface area contributed by atoms with Gasteiger partial charge in [0.2, 0.25) is 0 Å². The molecule has 16 heavy (non-hydrogen) atoms. The molecular formula is C11H17NO2S2. The van der Waals surface area contributed by atoms with Crippen molar-refractivity contribution < 1.29 is 9.90 Å². The number of carbonyl (C=O) groups is 1. The predicted octanol–water partition coefficient (Wildman–Crippen LogP) is 1.98. The van der Waals surface area contributed by atoms with Gasteiger partial charge in [-0.25, -0.2) is 0 Å². The van der Waals surface area contributed by atoms with Crippen LogP contribution in [0.15, 0.2) is 16.8 Å². The van der Waals surface area contributed by atoms with Gasteiger partial charge < -0.3 is 10.4 Å². The molecule has 3 nitrogen and oxygen atoms in total. The van der Waals surface area contributed by atoms with Gasteiger partial charge >= 0.3 is 0 Å². The second kappa shape index (κ2) is 6.27. The summed E-state index contributed by atoms with van der Waals surface area (Å²) >= 11 is 3.15. The number of carbonyl (C=O) groups excluding carboxylic acids is 1. The third kappa shape index (κ3) is 5.53. The number of thiophene rings is 1. The van der Waals surface area contributed by atoms with Crippen molar-refractivity contribution in [3.63, 3.8) is 0 Å². The first-order chi connectivity index (χ1) is 7.49. The van der Waals surface area contributed by atoms with E-state index >= 15 is 0 Å². The monoisotopic (exact) mass is 259 g/mol. The van der Waals surface area contributed by atoms with E-state index in [1.807, 2.05) is 16.8 Å². The number of hydrogen-bond acceptors (Lipinski definition) is 4. The Hall–Kier alpha value is -0.520. The Labute approximate surface area is 104 Å². The van der Waals surface area contributed by atoms with Crippen molar-refractivity contribution in [3.8, 4) is 0 Å². The highest BCUT2D eigenvalue weighted by atomic mass is 32.2. The molecular weight excluding hydrogens is 242 g/mol. The van der Waals surface area contributed by atoms with E-state index in [0.29, 0.717) is 12.3 Å². The van der Waals surface area contributed by atoms with Gasteiger partial charge in [0, 0.05) is 29.0 Å². The summed E-state index contributed by atoms with van der Waals surface area (Å²) in [6.45, 7) is 4.20. The summed E-state index contributed by atoms with van der Waals surface area (Å²) in [7, 11) is 0. The van der Waals surface area contributed by atoms with Gasteiger partial charge in [0.25, 0.3) is 5.91 Å². The first-order valence-electron chi connectivity index (χ1n) is 5.09. The molecule has 0 bridgehead atoms. The van der Waals surface area contributed by atoms with Crippen LogP contribution in [0.3, 0.4) is 0 Å². The van der Waals surface area contributed by atoms with Crippen molar-refractivity contribution in [2.45, 2.75) is 19.4 Å². The standard InChI is InChI=1S/C11H17NO2S2/c1-11(2,14)8-16-6-4-12-10(13)9-3-5-15-7-9/h3,5,7,14H,4,6,8H2,1-2H3,(H,12,13). The van der Waals surface area contributed by atoms with Gasteiger partial charge in [0.05, 0.1) is 5.60 Å².